The fourth-order valence-corrected chi connectivity index (χ4v) is 2.09. The van der Waals surface area contributed by atoms with E-state index in [1.54, 1.807) is 4.90 Å². The van der Waals surface area contributed by atoms with Crippen molar-refractivity contribution in [1.82, 2.24) is 10.2 Å². The summed E-state index contributed by atoms with van der Waals surface area (Å²) in [4.78, 5) is 13.8. The van der Waals surface area contributed by atoms with Gasteiger partial charge in [-0.15, -0.1) is 0 Å². The van der Waals surface area contributed by atoms with Crippen LogP contribution in [0.4, 0.5) is 4.79 Å². The van der Waals surface area contributed by atoms with E-state index in [0.29, 0.717) is 19.7 Å². The van der Waals surface area contributed by atoms with Gasteiger partial charge in [-0.05, 0) is 32.9 Å². The Morgan fingerprint density at radius 1 is 1.40 bits per heavy atom. The molecule has 0 unspecified atom stereocenters. The van der Waals surface area contributed by atoms with Gasteiger partial charge in [0.1, 0.15) is 6.61 Å². The molecular weight excluding hydrogens is 256 g/mol. The Bertz CT molecular complexity index is 462. The van der Waals surface area contributed by atoms with Crippen LogP contribution in [0.3, 0.4) is 0 Å². The van der Waals surface area contributed by atoms with Crippen LogP contribution in [0.5, 0.6) is 11.5 Å². The Balaban J connectivity index is 1.95. The second-order valence-electron chi connectivity index (χ2n) is 5.14. The Labute approximate surface area is 119 Å². The molecule has 0 spiro atoms. The Morgan fingerprint density at radius 3 is 2.75 bits per heavy atom. The number of amides is 2. The highest BCUT2D eigenvalue weighted by atomic mass is 16.6. The summed E-state index contributed by atoms with van der Waals surface area (Å²) in [5.41, 5.74) is 0. The molecular formula is C15H22N2O3. The van der Waals surface area contributed by atoms with E-state index >= 15 is 0 Å². The van der Waals surface area contributed by atoms with E-state index < -0.39 is 0 Å². The summed E-state index contributed by atoms with van der Waals surface area (Å²) in [6.07, 6.45) is -0.136. The predicted octanol–water partition coefficient (Wildman–Crippen LogP) is 2.27. The zero-order valence-electron chi connectivity index (χ0n) is 12.3. The molecule has 1 aromatic carbocycles. The van der Waals surface area contributed by atoms with Gasteiger partial charge < -0.3 is 19.7 Å². The number of hydrogen-bond donors (Lipinski definition) is 1. The largest absolute Gasteiger partial charge is 0.486 e. The highest BCUT2D eigenvalue weighted by molar-refractivity contribution is 5.74. The smallest absolute Gasteiger partial charge is 0.317 e. The van der Waals surface area contributed by atoms with Crippen LogP contribution in [-0.4, -0.2) is 42.8 Å². The Hall–Kier alpha value is -1.91. The van der Waals surface area contributed by atoms with E-state index in [2.05, 4.69) is 5.32 Å². The average Bonchev–Trinajstić information content (AvgIpc) is 2.43. The summed E-state index contributed by atoms with van der Waals surface area (Å²) < 4.78 is 11.5. The van der Waals surface area contributed by atoms with E-state index in [9.17, 15) is 4.79 Å². The van der Waals surface area contributed by atoms with Gasteiger partial charge in [0.2, 0.25) is 0 Å². The minimum Gasteiger partial charge on any atom is -0.486 e. The third-order valence-electron chi connectivity index (χ3n) is 3.07. The van der Waals surface area contributed by atoms with Crippen molar-refractivity contribution >= 4 is 6.03 Å². The summed E-state index contributed by atoms with van der Waals surface area (Å²) >= 11 is 0. The normalized spacial score (nSPS) is 16.9. The van der Waals surface area contributed by atoms with Crippen molar-refractivity contribution in [3.8, 4) is 11.5 Å². The summed E-state index contributed by atoms with van der Waals surface area (Å²) in [7, 11) is 0. The molecule has 1 N–H and O–H groups in total. The van der Waals surface area contributed by atoms with E-state index in [4.69, 9.17) is 9.47 Å². The van der Waals surface area contributed by atoms with E-state index in [1.165, 1.54) is 0 Å². The summed E-state index contributed by atoms with van der Waals surface area (Å²) in [6, 6.07) is 7.65. The van der Waals surface area contributed by atoms with Gasteiger partial charge in [-0.3, -0.25) is 0 Å². The monoisotopic (exact) mass is 278 g/mol. The van der Waals surface area contributed by atoms with Crippen LogP contribution >= 0.6 is 0 Å². The van der Waals surface area contributed by atoms with Crippen LogP contribution in [0, 0.1) is 0 Å². The van der Waals surface area contributed by atoms with Crippen LogP contribution < -0.4 is 14.8 Å². The molecule has 5 nitrogen and oxygen atoms in total. The number of carbonyl (C=O) groups is 1. The first-order chi connectivity index (χ1) is 9.60. The van der Waals surface area contributed by atoms with Crippen LogP contribution in [0.15, 0.2) is 24.3 Å². The van der Waals surface area contributed by atoms with Crippen LogP contribution in [0.1, 0.15) is 20.8 Å². The van der Waals surface area contributed by atoms with Gasteiger partial charge in [0.25, 0.3) is 0 Å². The zero-order valence-corrected chi connectivity index (χ0v) is 12.3. The Morgan fingerprint density at radius 2 is 2.10 bits per heavy atom. The standard InChI is InChI=1S/C15H22N2O3/c1-4-17(15(18)16-11(2)3)9-12-10-19-13-7-5-6-8-14(13)20-12/h5-8,11-12H,4,9-10H2,1-3H3,(H,16,18)/t12-/m0/s1. The second-order valence-corrected chi connectivity index (χ2v) is 5.14. The summed E-state index contributed by atoms with van der Waals surface area (Å²) in [6.45, 7) is 7.47. The van der Waals surface area contributed by atoms with Crippen molar-refractivity contribution in [3.05, 3.63) is 24.3 Å². The molecule has 1 aliphatic rings. The Kier molecular flexibility index (Phi) is 4.71. The van der Waals surface area contributed by atoms with Crippen molar-refractivity contribution < 1.29 is 14.3 Å². The number of carbonyl (C=O) groups excluding carboxylic acids is 1. The molecule has 0 bridgehead atoms. The molecule has 2 rings (SSSR count). The molecule has 1 aromatic rings. The number of fused-ring (bicyclic) bond motifs is 1. The van der Waals surface area contributed by atoms with Crippen LogP contribution in [0.25, 0.3) is 0 Å². The first-order valence-corrected chi connectivity index (χ1v) is 7.04. The highest BCUT2D eigenvalue weighted by Crippen LogP contribution is 2.30. The number of benzene rings is 1. The van der Waals surface area contributed by atoms with E-state index in [0.717, 1.165) is 11.5 Å². The number of nitrogens with one attached hydrogen (secondary N) is 1. The lowest BCUT2D eigenvalue weighted by atomic mass is 10.2. The molecule has 0 aromatic heterocycles. The zero-order chi connectivity index (χ0) is 14.5. The van der Waals surface area contributed by atoms with Crippen molar-refractivity contribution in [2.24, 2.45) is 0 Å². The molecule has 0 fully saturated rings. The average molecular weight is 278 g/mol. The minimum absolute atomic E-state index is 0.0649. The topological polar surface area (TPSA) is 50.8 Å². The summed E-state index contributed by atoms with van der Waals surface area (Å²) in [5.74, 6) is 1.50. The number of nitrogens with zero attached hydrogens (tertiary/aromatic N) is 1. The molecule has 1 aliphatic heterocycles. The van der Waals surface area contributed by atoms with Gasteiger partial charge in [-0.25, -0.2) is 4.79 Å². The number of hydrogen-bond acceptors (Lipinski definition) is 3. The number of para-hydroxylation sites is 2. The number of likely N-dealkylation sites (N-methyl/N-ethyl adjacent to an activating group) is 1. The van der Waals surface area contributed by atoms with Crippen LogP contribution in [0.2, 0.25) is 0 Å². The van der Waals surface area contributed by atoms with Crippen molar-refractivity contribution in [1.29, 1.82) is 0 Å². The maximum atomic E-state index is 12.0. The lowest BCUT2D eigenvalue weighted by Gasteiger charge is -2.31. The molecule has 1 heterocycles. The van der Waals surface area contributed by atoms with E-state index in [1.807, 2.05) is 45.0 Å². The predicted molar refractivity (Wildman–Crippen MR) is 77.3 cm³/mol. The molecule has 0 saturated carbocycles. The van der Waals surface area contributed by atoms with Gasteiger partial charge in [0.05, 0.1) is 6.54 Å². The second kappa shape index (κ2) is 6.50. The first kappa shape index (κ1) is 14.5. The molecule has 2 amide bonds. The van der Waals surface area contributed by atoms with Gasteiger partial charge >= 0.3 is 6.03 Å². The number of urea groups is 1. The molecule has 110 valence electrons. The SMILES string of the molecule is CCN(C[C@H]1COc2ccccc2O1)C(=O)NC(C)C. The highest BCUT2D eigenvalue weighted by Gasteiger charge is 2.24. The minimum atomic E-state index is -0.136. The van der Waals surface area contributed by atoms with Gasteiger partial charge in [-0.1, -0.05) is 12.1 Å². The summed E-state index contributed by atoms with van der Waals surface area (Å²) in [5, 5.41) is 2.89. The van der Waals surface area contributed by atoms with Gasteiger partial charge in [0.15, 0.2) is 17.6 Å². The quantitative estimate of drug-likeness (QED) is 0.919. The fourth-order valence-electron chi connectivity index (χ4n) is 2.09. The molecule has 0 saturated heterocycles. The fraction of sp³-hybridized carbons (Fsp3) is 0.533. The third-order valence-corrected chi connectivity index (χ3v) is 3.07. The first-order valence-electron chi connectivity index (χ1n) is 7.04. The van der Waals surface area contributed by atoms with Crippen molar-refractivity contribution in [3.63, 3.8) is 0 Å². The number of rotatable bonds is 4. The molecule has 1 atom stereocenters. The van der Waals surface area contributed by atoms with Gasteiger partial charge in [-0.2, -0.15) is 0 Å². The lowest BCUT2D eigenvalue weighted by molar-refractivity contribution is 0.0673. The van der Waals surface area contributed by atoms with Gasteiger partial charge in [0, 0.05) is 12.6 Å². The maximum Gasteiger partial charge on any atom is 0.317 e. The van der Waals surface area contributed by atoms with Crippen molar-refractivity contribution in [2.45, 2.75) is 32.9 Å². The third kappa shape index (κ3) is 3.56. The number of ether oxygens (including phenoxy) is 2. The van der Waals surface area contributed by atoms with E-state index in [-0.39, 0.29) is 18.2 Å². The van der Waals surface area contributed by atoms with Crippen molar-refractivity contribution in [2.75, 3.05) is 19.7 Å². The molecule has 0 radical (unpaired) electrons. The molecule has 0 aliphatic carbocycles. The maximum absolute atomic E-state index is 12.0. The molecule has 20 heavy (non-hydrogen) atoms. The lowest BCUT2D eigenvalue weighted by Crippen LogP contribution is -2.48. The molecule has 5 heteroatoms. The van der Waals surface area contributed by atoms with Crippen LogP contribution in [-0.2, 0) is 0 Å².